The number of anilines is 2. The molecule has 1 amide bonds. The predicted octanol–water partition coefficient (Wildman–Crippen LogP) is 0.473. The van der Waals surface area contributed by atoms with Gasteiger partial charge in [0.25, 0.3) is 0 Å². The number of hydrogen-bond donors (Lipinski definition) is 3. The van der Waals surface area contributed by atoms with E-state index in [1.54, 1.807) is 19.5 Å². The fourth-order valence-electron chi connectivity index (χ4n) is 1.32. The molecule has 106 valence electrons. The molecule has 19 heavy (non-hydrogen) atoms. The fraction of sp³-hybridized carbons (Fsp3) is 0.583. The molecule has 0 aliphatic heterocycles. The van der Waals surface area contributed by atoms with E-state index in [9.17, 15) is 4.79 Å². The Kier molecular flexibility index (Phi) is 7.26. The van der Waals surface area contributed by atoms with Gasteiger partial charge in [-0.3, -0.25) is 9.78 Å². The first-order valence-electron chi connectivity index (χ1n) is 6.31. The number of hydrogen-bond acceptors (Lipinski definition) is 6. The molecule has 1 heterocycles. The maximum Gasteiger partial charge on any atom is 0.239 e. The zero-order valence-corrected chi connectivity index (χ0v) is 11.4. The minimum absolute atomic E-state index is 0.106. The van der Waals surface area contributed by atoms with E-state index >= 15 is 0 Å². The van der Waals surface area contributed by atoms with Crippen LogP contribution in [0.4, 0.5) is 11.6 Å². The summed E-state index contributed by atoms with van der Waals surface area (Å²) >= 11 is 0. The van der Waals surface area contributed by atoms with Crippen LogP contribution in [0.15, 0.2) is 12.4 Å². The van der Waals surface area contributed by atoms with Crippen molar-refractivity contribution >= 4 is 17.5 Å². The number of ether oxygens (including phenoxy) is 1. The summed E-state index contributed by atoms with van der Waals surface area (Å²) in [6, 6.07) is 0. The summed E-state index contributed by atoms with van der Waals surface area (Å²) in [5.74, 6) is 1.17. The Hall–Kier alpha value is -1.89. The van der Waals surface area contributed by atoms with E-state index in [1.165, 1.54) is 0 Å². The van der Waals surface area contributed by atoms with Gasteiger partial charge in [-0.2, -0.15) is 0 Å². The van der Waals surface area contributed by atoms with Gasteiger partial charge in [0.2, 0.25) is 5.91 Å². The first kappa shape index (κ1) is 15.2. The van der Waals surface area contributed by atoms with Gasteiger partial charge in [-0.1, -0.05) is 6.92 Å². The van der Waals surface area contributed by atoms with Gasteiger partial charge in [-0.05, 0) is 6.42 Å². The monoisotopic (exact) mass is 267 g/mol. The van der Waals surface area contributed by atoms with Crippen molar-refractivity contribution in [2.24, 2.45) is 0 Å². The molecule has 1 aromatic heterocycles. The summed E-state index contributed by atoms with van der Waals surface area (Å²) in [5, 5.41) is 8.77. The molecule has 1 rings (SSSR count). The van der Waals surface area contributed by atoms with E-state index in [2.05, 4.69) is 32.8 Å². The number of aromatic nitrogens is 2. The molecular weight excluding hydrogens is 246 g/mol. The second-order valence-electron chi connectivity index (χ2n) is 3.91. The summed E-state index contributed by atoms with van der Waals surface area (Å²) < 4.78 is 4.84. The molecule has 0 radical (unpaired) electrons. The van der Waals surface area contributed by atoms with Gasteiger partial charge in [0.05, 0.1) is 25.5 Å². The highest BCUT2D eigenvalue weighted by Gasteiger charge is 2.02. The molecule has 1 aromatic rings. The largest absolute Gasteiger partial charge is 0.383 e. The zero-order chi connectivity index (χ0) is 13.9. The summed E-state index contributed by atoms with van der Waals surface area (Å²) in [7, 11) is 1.59. The van der Waals surface area contributed by atoms with Gasteiger partial charge in [0.15, 0.2) is 0 Å². The van der Waals surface area contributed by atoms with Crippen molar-refractivity contribution in [2.75, 3.05) is 44.0 Å². The molecule has 0 saturated heterocycles. The molecular formula is C12H21N5O2. The van der Waals surface area contributed by atoms with Crippen molar-refractivity contribution in [3.05, 3.63) is 12.4 Å². The van der Waals surface area contributed by atoms with Crippen LogP contribution in [0.1, 0.15) is 13.3 Å². The molecule has 0 fully saturated rings. The maximum atomic E-state index is 11.5. The van der Waals surface area contributed by atoms with Crippen molar-refractivity contribution in [3.63, 3.8) is 0 Å². The van der Waals surface area contributed by atoms with Gasteiger partial charge in [0.1, 0.15) is 11.6 Å². The lowest BCUT2D eigenvalue weighted by Crippen LogP contribution is -2.32. The van der Waals surface area contributed by atoms with Crippen LogP contribution in [0.5, 0.6) is 0 Å². The van der Waals surface area contributed by atoms with Crippen LogP contribution < -0.4 is 16.0 Å². The molecule has 0 bridgehead atoms. The Bertz CT molecular complexity index is 386. The number of rotatable bonds is 9. The number of carbonyl (C=O) groups excluding carboxylic acids is 1. The highest BCUT2D eigenvalue weighted by Crippen LogP contribution is 2.05. The third-order valence-corrected chi connectivity index (χ3v) is 2.25. The molecule has 0 aliphatic carbocycles. The van der Waals surface area contributed by atoms with E-state index in [1.807, 2.05) is 0 Å². The average Bonchev–Trinajstić information content (AvgIpc) is 2.44. The van der Waals surface area contributed by atoms with Crippen LogP contribution in [0, 0.1) is 0 Å². The number of methoxy groups -OCH3 is 1. The summed E-state index contributed by atoms with van der Waals surface area (Å²) in [6.07, 6.45) is 4.25. The Labute approximate surface area is 113 Å². The molecule has 7 heteroatoms. The van der Waals surface area contributed by atoms with E-state index in [-0.39, 0.29) is 12.5 Å². The van der Waals surface area contributed by atoms with Crippen molar-refractivity contribution in [2.45, 2.75) is 13.3 Å². The maximum absolute atomic E-state index is 11.5. The quantitative estimate of drug-likeness (QED) is 0.564. The second-order valence-corrected chi connectivity index (χ2v) is 3.91. The van der Waals surface area contributed by atoms with Crippen LogP contribution >= 0.6 is 0 Å². The topological polar surface area (TPSA) is 88.2 Å². The lowest BCUT2D eigenvalue weighted by atomic mass is 10.5. The number of nitrogens with zero attached hydrogens (tertiary/aromatic N) is 2. The SMILES string of the molecule is CCCNc1cncc(NCC(=O)NCCOC)n1. The van der Waals surface area contributed by atoms with Crippen LogP contribution in [-0.4, -0.2) is 49.2 Å². The van der Waals surface area contributed by atoms with Crippen LogP contribution in [-0.2, 0) is 9.53 Å². The van der Waals surface area contributed by atoms with Crippen molar-refractivity contribution in [1.29, 1.82) is 0 Å². The number of nitrogens with one attached hydrogen (secondary N) is 3. The Morgan fingerprint density at radius 3 is 2.68 bits per heavy atom. The van der Waals surface area contributed by atoms with Crippen molar-refractivity contribution in [1.82, 2.24) is 15.3 Å². The van der Waals surface area contributed by atoms with Gasteiger partial charge in [-0.25, -0.2) is 4.98 Å². The third kappa shape index (κ3) is 6.56. The second kappa shape index (κ2) is 9.09. The molecule has 0 aromatic carbocycles. The van der Waals surface area contributed by atoms with Crippen molar-refractivity contribution < 1.29 is 9.53 Å². The normalized spacial score (nSPS) is 10.0. The Morgan fingerprint density at radius 1 is 1.26 bits per heavy atom. The molecule has 3 N–H and O–H groups in total. The zero-order valence-electron chi connectivity index (χ0n) is 11.4. The molecule has 0 spiro atoms. The van der Waals surface area contributed by atoms with Gasteiger partial charge >= 0.3 is 0 Å². The van der Waals surface area contributed by atoms with Crippen LogP contribution in [0.2, 0.25) is 0 Å². The third-order valence-electron chi connectivity index (χ3n) is 2.25. The lowest BCUT2D eigenvalue weighted by molar-refractivity contribution is -0.119. The molecule has 0 aliphatic rings. The van der Waals surface area contributed by atoms with Crippen LogP contribution in [0.3, 0.4) is 0 Å². The molecule has 0 atom stereocenters. The van der Waals surface area contributed by atoms with Gasteiger partial charge in [0, 0.05) is 20.2 Å². The predicted molar refractivity (Wildman–Crippen MR) is 74.2 cm³/mol. The summed E-state index contributed by atoms with van der Waals surface area (Å²) in [6.45, 7) is 4.08. The number of carbonyl (C=O) groups is 1. The lowest BCUT2D eigenvalue weighted by Gasteiger charge is -2.08. The van der Waals surface area contributed by atoms with E-state index in [0.717, 1.165) is 13.0 Å². The van der Waals surface area contributed by atoms with E-state index in [0.29, 0.717) is 24.8 Å². The smallest absolute Gasteiger partial charge is 0.239 e. The molecule has 0 saturated carbocycles. The minimum atomic E-state index is -0.106. The summed E-state index contributed by atoms with van der Waals surface area (Å²) in [5.41, 5.74) is 0. The Morgan fingerprint density at radius 2 is 2.00 bits per heavy atom. The van der Waals surface area contributed by atoms with Gasteiger partial charge < -0.3 is 20.7 Å². The van der Waals surface area contributed by atoms with Gasteiger partial charge in [-0.15, -0.1) is 0 Å². The fourth-order valence-corrected chi connectivity index (χ4v) is 1.32. The average molecular weight is 267 g/mol. The highest BCUT2D eigenvalue weighted by atomic mass is 16.5. The van der Waals surface area contributed by atoms with Crippen LogP contribution in [0.25, 0.3) is 0 Å². The molecule has 7 nitrogen and oxygen atoms in total. The Balaban J connectivity index is 2.33. The first-order chi connectivity index (χ1) is 9.26. The minimum Gasteiger partial charge on any atom is -0.383 e. The first-order valence-corrected chi connectivity index (χ1v) is 6.31. The highest BCUT2D eigenvalue weighted by molar-refractivity contribution is 5.80. The van der Waals surface area contributed by atoms with Crippen molar-refractivity contribution in [3.8, 4) is 0 Å². The molecule has 0 unspecified atom stereocenters. The standard InChI is InChI=1S/C12H21N5O2/c1-3-4-14-10-7-13-8-11(17-10)16-9-12(18)15-5-6-19-2/h7-8H,3-6,9H2,1-2H3,(H,15,18)(H2,14,16,17). The summed E-state index contributed by atoms with van der Waals surface area (Å²) in [4.78, 5) is 19.8. The number of amides is 1. The van der Waals surface area contributed by atoms with E-state index in [4.69, 9.17) is 4.74 Å². The van der Waals surface area contributed by atoms with E-state index < -0.39 is 0 Å².